The number of phenolic OH excluding ortho intramolecular Hbond substituents is 1. The maximum Gasteiger partial charge on any atom is 0.241 e. The summed E-state index contributed by atoms with van der Waals surface area (Å²) in [5.41, 5.74) is 1.40. The highest BCUT2D eigenvalue weighted by Gasteiger charge is 2.68. The molecule has 6 atom stereocenters. The van der Waals surface area contributed by atoms with Crippen LogP contribution in [0.15, 0.2) is 78.4 Å². The van der Waals surface area contributed by atoms with E-state index in [0.29, 0.717) is 24.8 Å². The van der Waals surface area contributed by atoms with Crippen molar-refractivity contribution in [2.75, 3.05) is 18.0 Å². The molecular formula is C39H36Cl2FN3O5. The number of piperidine rings is 1. The van der Waals surface area contributed by atoms with E-state index in [-0.39, 0.29) is 45.8 Å². The maximum absolute atomic E-state index is 14.6. The lowest BCUT2D eigenvalue weighted by molar-refractivity contribution is -0.144. The summed E-state index contributed by atoms with van der Waals surface area (Å²) in [5.74, 6) is -5.38. The predicted octanol–water partition coefficient (Wildman–Crippen LogP) is 6.73. The second-order valence-electron chi connectivity index (χ2n) is 14.5. The lowest BCUT2D eigenvalue weighted by Gasteiger charge is -2.49. The van der Waals surface area contributed by atoms with Crippen LogP contribution in [0.2, 0.25) is 10.0 Å². The van der Waals surface area contributed by atoms with Gasteiger partial charge in [0.05, 0.1) is 33.9 Å². The highest BCUT2D eigenvalue weighted by molar-refractivity contribution is 6.32. The number of likely N-dealkylation sites (tertiary alicyclic amines) is 2. The van der Waals surface area contributed by atoms with Crippen molar-refractivity contribution in [1.29, 1.82) is 0 Å². The first kappa shape index (κ1) is 33.1. The Morgan fingerprint density at radius 1 is 0.880 bits per heavy atom. The van der Waals surface area contributed by atoms with E-state index in [0.717, 1.165) is 36.2 Å². The van der Waals surface area contributed by atoms with E-state index in [1.54, 1.807) is 13.0 Å². The molecule has 3 aliphatic heterocycles. The average molecular weight is 717 g/mol. The van der Waals surface area contributed by atoms with E-state index in [4.69, 9.17) is 23.2 Å². The van der Waals surface area contributed by atoms with Gasteiger partial charge in [0.25, 0.3) is 0 Å². The minimum Gasteiger partial charge on any atom is -0.508 e. The fraction of sp³-hybridized carbons (Fsp3) is 0.385. The zero-order valence-electron chi connectivity index (χ0n) is 27.4. The molecule has 2 aliphatic carbocycles. The predicted molar refractivity (Wildman–Crippen MR) is 186 cm³/mol. The summed E-state index contributed by atoms with van der Waals surface area (Å²) >= 11 is 12.9. The molecule has 0 aromatic heterocycles. The average Bonchev–Trinajstić information content (AvgIpc) is 3.47. The number of fused-ring (bicyclic) bond motifs is 4. The lowest BCUT2D eigenvalue weighted by Crippen LogP contribution is -2.49. The number of benzene rings is 3. The maximum atomic E-state index is 14.6. The number of amides is 4. The van der Waals surface area contributed by atoms with Gasteiger partial charge in [-0.15, -0.1) is 0 Å². The van der Waals surface area contributed by atoms with Crippen molar-refractivity contribution in [3.05, 3.63) is 105 Å². The molecule has 8 nitrogen and oxygen atoms in total. The minimum absolute atomic E-state index is 0.0519. The fourth-order valence-electron chi connectivity index (χ4n) is 9.54. The minimum atomic E-state index is -1.33. The topological polar surface area (TPSA) is 98.2 Å². The Bertz CT molecular complexity index is 1960. The zero-order chi connectivity index (χ0) is 35.1. The number of carbonyl (C=O) groups excluding carboxylic acids is 4. The summed E-state index contributed by atoms with van der Waals surface area (Å²) in [7, 11) is 0. The number of imide groups is 2. The molecule has 0 radical (unpaired) electrons. The molecule has 1 N–H and O–H groups in total. The number of allylic oxidation sites excluding steroid dienone is 2. The second-order valence-corrected chi connectivity index (χ2v) is 15.3. The SMILES string of the molecule is C[C@@]12C(=O)N(c3ccc(F)c(Cl)c3)C(=O)[C@@H]1C[C@@H]1C(=CC[C@@H]3C(=O)N(C4CCN(Cc5ccccc5)CC4)C(=O)[C@@H]31)[C@@H]2c1ccc(O)cc1Cl. The smallest absolute Gasteiger partial charge is 0.241 e. The van der Waals surface area contributed by atoms with E-state index in [1.807, 2.05) is 24.3 Å². The second kappa shape index (κ2) is 12.3. The van der Waals surface area contributed by atoms with Crippen LogP contribution in [0.1, 0.15) is 49.7 Å². The van der Waals surface area contributed by atoms with Gasteiger partial charge in [0.2, 0.25) is 23.6 Å². The third-order valence-electron chi connectivity index (χ3n) is 11.9. The first-order valence-corrected chi connectivity index (χ1v) is 17.9. The Morgan fingerprint density at radius 2 is 1.62 bits per heavy atom. The number of rotatable bonds is 5. The lowest BCUT2D eigenvalue weighted by atomic mass is 9.51. The number of phenols is 1. The third kappa shape index (κ3) is 5.03. The quantitative estimate of drug-likeness (QED) is 0.232. The number of nitrogens with zero attached hydrogens (tertiary/aromatic N) is 3. The fourth-order valence-corrected chi connectivity index (χ4v) is 10.00. The Morgan fingerprint density at radius 3 is 2.32 bits per heavy atom. The number of carbonyl (C=O) groups is 4. The summed E-state index contributed by atoms with van der Waals surface area (Å²) in [6.07, 6.45) is 3.87. The van der Waals surface area contributed by atoms with Crippen molar-refractivity contribution in [3.63, 3.8) is 0 Å². The van der Waals surface area contributed by atoms with Gasteiger partial charge in [-0.2, -0.15) is 0 Å². The van der Waals surface area contributed by atoms with Crippen LogP contribution in [0.5, 0.6) is 5.75 Å². The van der Waals surface area contributed by atoms with Gasteiger partial charge in [0.15, 0.2) is 0 Å². The van der Waals surface area contributed by atoms with E-state index in [9.17, 15) is 28.7 Å². The van der Waals surface area contributed by atoms with Gasteiger partial charge in [-0.25, -0.2) is 9.29 Å². The van der Waals surface area contributed by atoms with Gasteiger partial charge < -0.3 is 5.11 Å². The van der Waals surface area contributed by atoms with E-state index >= 15 is 0 Å². The molecule has 3 aromatic carbocycles. The Balaban J connectivity index is 1.13. The molecular weight excluding hydrogens is 680 g/mol. The number of aromatic hydroxyl groups is 1. The normalized spacial score (nSPS) is 30.0. The molecule has 3 heterocycles. The van der Waals surface area contributed by atoms with Gasteiger partial charge >= 0.3 is 0 Å². The molecule has 1 saturated carbocycles. The Kier molecular flexibility index (Phi) is 8.16. The number of hydrogen-bond acceptors (Lipinski definition) is 6. The highest BCUT2D eigenvalue weighted by atomic mass is 35.5. The molecule has 50 heavy (non-hydrogen) atoms. The van der Waals surface area contributed by atoms with Crippen LogP contribution in [0.3, 0.4) is 0 Å². The van der Waals surface area contributed by atoms with Crippen LogP contribution >= 0.6 is 23.2 Å². The van der Waals surface area contributed by atoms with Gasteiger partial charge in [-0.1, -0.05) is 71.2 Å². The highest BCUT2D eigenvalue weighted by Crippen LogP contribution is 2.64. The summed E-state index contributed by atoms with van der Waals surface area (Å²) < 4.78 is 14.2. The molecule has 5 aliphatic rings. The van der Waals surface area contributed by atoms with Crippen molar-refractivity contribution in [1.82, 2.24) is 9.80 Å². The van der Waals surface area contributed by atoms with Gasteiger partial charge in [-0.05, 0) is 80.0 Å². The number of halogens is 3. The Hall–Kier alpha value is -4.05. The van der Waals surface area contributed by atoms with Crippen LogP contribution in [0, 0.1) is 34.9 Å². The van der Waals surface area contributed by atoms with Gasteiger partial charge in [-0.3, -0.25) is 29.0 Å². The largest absolute Gasteiger partial charge is 0.508 e. The Labute approximate surface area is 299 Å². The molecule has 258 valence electrons. The van der Waals surface area contributed by atoms with E-state index < -0.39 is 52.6 Å². The van der Waals surface area contributed by atoms with Crippen molar-refractivity contribution < 1.29 is 28.7 Å². The van der Waals surface area contributed by atoms with Crippen molar-refractivity contribution in [2.45, 2.75) is 51.1 Å². The van der Waals surface area contributed by atoms with Crippen molar-refractivity contribution in [2.24, 2.45) is 29.1 Å². The zero-order valence-corrected chi connectivity index (χ0v) is 28.9. The monoisotopic (exact) mass is 715 g/mol. The van der Waals surface area contributed by atoms with Crippen molar-refractivity contribution >= 4 is 52.5 Å². The molecule has 4 fully saturated rings. The molecule has 8 rings (SSSR count). The van der Waals surface area contributed by atoms with Crippen LogP contribution in [-0.4, -0.2) is 57.7 Å². The summed E-state index contributed by atoms with van der Waals surface area (Å²) in [4.78, 5) is 62.4. The summed E-state index contributed by atoms with van der Waals surface area (Å²) in [5, 5.41) is 10.2. The summed E-state index contributed by atoms with van der Waals surface area (Å²) in [6.45, 7) is 4.09. The molecule has 11 heteroatoms. The molecule has 4 amide bonds. The number of hydrogen-bond donors (Lipinski definition) is 1. The standard InChI is InChI=1S/C39H36Cl2FN3O5/c1-39-29(36(48)45(38(39)50)23-7-12-32(42)31(41)17-23)19-28-25(34(39)26-9-8-24(46)18-30(26)40)10-11-27-33(28)37(49)44(35(27)47)22-13-15-43(16-14-22)20-21-5-3-2-4-6-21/h2-10,12,17-18,22,27-29,33-34,46H,11,13-16,19-20H2,1H3/t27-,28+,29-,33-,34+,39+/m0/s1. The molecule has 3 aromatic rings. The molecule has 0 unspecified atom stereocenters. The van der Waals surface area contributed by atoms with Crippen LogP contribution in [0.25, 0.3) is 0 Å². The molecule has 0 bridgehead atoms. The first-order chi connectivity index (χ1) is 24.0. The van der Waals surface area contributed by atoms with Crippen LogP contribution in [-0.2, 0) is 25.7 Å². The van der Waals surface area contributed by atoms with Gasteiger partial charge in [0, 0.05) is 36.6 Å². The molecule has 0 spiro atoms. The van der Waals surface area contributed by atoms with Gasteiger partial charge in [0.1, 0.15) is 11.6 Å². The van der Waals surface area contributed by atoms with E-state index in [1.165, 1.54) is 34.7 Å². The third-order valence-corrected chi connectivity index (χ3v) is 12.6. The summed E-state index contributed by atoms with van der Waals surface area (Å²) in [6, 6.07) is 18.3. The van der Waals surface area contributed by atoms with Crippen molar-refractivity contribution in [3.8, 4) is 5.75 Å². The van der Waals surface area contributed by atoms with Crippen LogP contribution in [0.4, 0.5) is 10.1 Å². The van der Waals surface area contributed by atoms with E-state index in [2.05, 4.69) is 17.0 Å². The number of anilines is 1. The first-order valence-electron chi connectivity index (χ1n) is 17.1. The molecule has 3 saturated heterocycles. The van der Waals surface area contributed by atoms with Crippen LogP contribution < -0.4 is 4.90 Å².